The van der Waals surface area contributed by atoms with Gasteiger partial charge in [-0.1, -0.05) is 6.07 Å². The zero-order valence-corrected chi connectivity index (χ0v) is 18.9. The summed E-state index contributed by atoms with van der Waals surface area (Å²) in [6.45, 7) is 6.74. The highest BCUT2D eigenvalue weighted by Crippen LogP contribution is 2.32. The van der Waals surface area contributed by atoms with Crippen molar-refractivity contribution >= 4 is 21.6 Å². The van der Waals surface area contributed by atoms with Crippen molar-refractivity contribution in [2.75, 3.05) is 30.4 Å². The van der Waals surface area contributed by atoms with E-state index in [0.29, 0.717) is 42.8 Å². The van der Waals surface area contributed by atoms with Crippen LogP contribution >= 0.6 is 0 Å². The number of sulfonamides is 1. The number of hydrogen-bond acceptors (Lipinski definition) is 6. The average molecular weight is 449 g/mol. The Balaban J connectivity index is 1.76. The van der Waals surface area contributed by atoms with Gasteiger partial charge < -0.3 is 19.5 Å². The monoisotopic (exact) mass is 448 g/mol. The van der Waals surface area contributed by atoms with Crippen LogP contribution in [0, 0.1) is 0 Å². The largest absolute Gasteiger partial charge is 0.494 e. The number of carbonyl (C=O) groups excluding carboxylic acids is 1. The topological polar surface area (TPSA) is 94.2 Å². The van der Waals surface area contributed by atoms with E-state index < -0.39 is 22.0 Å². The highest BCUT2D eigenvalue weighted by atomic mass is 32.2. The lowest BCUT2D eigenvalue weighted by Crippen LogP contribution is -2.48. The molecule has 9 heteroatoms. The molecule has 0 aromatic heterocycles. The molecule has 0 fully saturated rings. The van der Waals surface area contributed by atoms with Gasteiger partial charge in [0, 0.05) is 0 Å². The van der Waals surface area contributed by atoms with Gasteiger partial charge in [-0.2, -0.15) is 0 Å². The zero-order chi connectivity index (χ0) is 22.6. The van der Waals surface area contributed by atoms with Gasteiger partial charge in [0.1, 0.15) is 25.0 Å². The minimum absolute atomic E-state index is 0.354. The molecule has 0 saturated heterocycles. The van der Waals surface area contributed by atoms with Crippen LogP contribution in [0.2, 0.25) is 0 Å². The Morgan fingerprint density at radius 1 is 1.10 bits per heavy atom. The highest BCUT2D eigenvalue weighted by Gasteiger charge is 2.30. The predicted molar refractivity (Wildman–Crippen MR) is 118 cm³/mol. The molecule has 1 aliphatic rings. The van der Waals surface area contributed by atoms with Crippen LogP contribution in [0.25, 0.3) is 0 Å². The Morgan fingerprint density at radius 2 is 1.74 bits per heavy atom. The summed E-state index contributed by atoms with van der Waals surface area (Å²) >= 11 is 0. The van der Waals surface area contributed by atoms with E-state index in [0.717, 1.165) is 16.1 Å². The first-order valence-electron chi connectivity index (χ1n) is 10.1. The van der Waals surface area contributed by atoms with E-state index in [1.165, 1.54) is 0 Å². The second kappa shape index (κ2) is 9.47. The number of nitrogens with one attached hydrogen (secondary N) is 1. The van der Waals surface area contributed by atoms with Gasteiger partial charge in [-0.15, -0.1) is 0 Å². The third-order valence-corrected chi connectivity index (χ3v) is 6.16. The summed E-state index contributed by atoms with van der Waals surface area (Å²) in [7, 11) is -3.70. The van der Waals surface area contributed by atoms with Gasteiger partial charge in [-0.3, -0.25) is 9.10 Å². The van der Waals surface area contributed by atoms with Crippen molar-refractivity contribution in [3.05, 3.63) is 48.0 Å². The lowest BCUT2D eigenvalue weighted by molar-refractivity contribution is -0.122. The first-order chi connectivity index (χ1) is 14.7. The van der Waals surface area contributed by atoms with E-state index in [-0.39, 0.29) is 6.04 Å². The van der Waals surface area contributed by atoms with Gasteiger partial charge in [0.2, 0.25) is 15.9 Å². The number of benzene rings is 2. The number of carbonyl (C=O) groups is 1. The van der Waals surface area contributed by atoms with E-state index in [1.54, 1.807) is 37.3 Å². The molecule has 1 N–H and O–H groups in total. The van der Waals surface area contributed by atoms with Crippen LogP contribution in [0.15, 0.2) is 42.5 Å². The second-order valence-electron chi connectivity index (χ2n) is 7.30. The molecule has 1 heterocycles. The minimum Gasteiger partial charge on any atom is -0.494 e. The third-order valence-electron chi connectivity index (χ3n) is 4.92. The Labute approximate surface area is 183 Å². The van der Waals surface area contributed by atoms with Crippen molar-refractivity contribution in [1.29, 1.82) is 0 Å². The molecular weight excluding hydrogens is 420 g/mol. The minimum atomic E-state index is -3.70. The van der Waals surface area contributed by atoms with Crippen molar-refractivity contribution in [3.63, 3.8) is 0 Å². The van der Waals surface area contributed by atoms with E-state index >= 15 is 0 Å². The van der Waals surface area contributed by atoms with Crippen LogP contribution < -0.4 is 23.8 Å². The molecule has 2 unspecified atom stereocenters. The lowest BCUT2D eigenvalue weighted by atomic mass is 10.1. The molecule has 168 valence electrons. The maximum atomic E-state index is 12.9. The Morgan fingerprint density at radius 3 is 2.35 bits per heavy atom. The number of fused-ring (bicyclic) bond motifs is 1. The Bertz CT molecular complexity index is 1020. The molecule has 8 nitrogen and oxygen atoms in total. The van der Waals surface area contributed by atoms with Crippen LogP contribution in [0.4, 0.5) is 5.69 Å². The highest BCUT2D eigenvalue weighted by molar-refractivity contribution is 7.92. The normalized spacial score (nSPS) is 15.0. The molecule has 0 aliphatic carbocycles. The quantitative estimate of drug-likeness (QED) is 0.667. The first kappa shape index (κ1) is 22.7. The van der Waals surface area contributed by atoms with E-state index in [2.05, 4.69) is 5.32 Å². The van der Waals surface area contributed by atoms with Crippen molar-refractivity contribution in [2.45, 2.75) is 32.9 Å². The summed E-state index contributed by atoms with van der Waals surface area (Å²) in [5.74, 6) is 1.51. The molecule has 2 atom stereocenters. The molecule has 2 aromatic rings. The summed E-state index contributed by atoms with van der Waals surface area (Å²) in [5.41, 5.74) is 1.22. The standard InChI is InChI=1S/C22H28N2O6S/c1-5-28-19-9-7-18(8-10-19)24(31(4,26)27)16(3)22(25)23-15(2)17-6-11-20-21(14-17)30-13-12-29-20/h6-11,14-16H,5,12-13H2,1-4H3,(H,23,25). The molecule has 31 heavy (non-hydrogen) atoms. The molecule has 0 spiro atoms. The maximum Gasteiger partial charge on any atom is 0.244 e. The summed E-state index contributed by atoms with van der Waals surface area (Å²) < 4.78 is 42.6. The molecule has 2 aromatic carbocycles. The third kappa shape index (κ3) is 5.41. The zero-order valence-electron chi connectivity index (χ0n) is 18.1. The predicted octanol–water partition coefficient (Wildman–Crippen LogP) is 2.89. The number of rotatable bonds is 8. The number of anilines is 1. The van der Waals surface area contributed by atoms with Crippen LogP contribution in [-0.2, 0) is 14.8 Å². The maximum absolute atomic E-state index is 12.9. The summed E-state index contributed by atoms with van der Waals surface area (Å²) in [5, 5.41) is 2.89. The number of nitrogens with zero attached hydrogens (tertiary/aromatic N) is 1. The van der Waals surface area contributed by atoms with E-state index in [9.17, 15) is 13.2 Å². The van der Waals surface area contributed by atoms with Gasteiger partial charge >= 0.3 is 0 Å². The van der Waals surface area contributed by atoms with Crippen LogP contribution in [0.3, 0.4) is 0 Å². The molecule has 1 amide bonds. The second-order valence-corrected chi connectivity index (χ2v) is 9.15. The van der Waals surface area contributed by atoms with Gasteiger partial charge in [0.15, 0.2) is 11.5 Å². The lowest BCUT2D eigenvalue weighted by Gasteiger charge is -2.29. The fourth-order valence-electron chi connectivity index (χ4n) is 3.41. The van der Waals surface area contributed by atoms with Crippen molar-refractivity contribution < 1.29 is 27.4 Å². The van der Waals surface area contributed by atoms with Crippen molar-refractivity contribution in [2.24, 2.45) is 0 Å². The Kier molecular flexibility index (Phi) is 6.94. The van der Waals surface area contributed by atoms with E-state index in [4.69, 9.17) is 14.2 Å². The first-order valence-corrected chi connectivity index (χ1v) is 12.0. The van der Waals surface area contributed by atoms with Crippen molar-refractivity contribution in [1.82, 2.24) is 5.32 Å². The SMILES string of the molecule is CCOc1ccc(N(C(C)C(=O)NC(C)c2ccc3c(c2)OCCO3)S(C)(=O)=O)cc1. The van der Waals surface area contributed by atoms with Crippen LogP contribution in [0.5, 0.6) is 17.2 Å². The van der Waals surface area contributed by atoms with Crippen LogP contribution in [-0.4, -0.2) is 46.4 Å². The molecule has 1 aliphatic heterocycles. The summed E-state index contributed by atoms with van der Waals surface area (Å²) in [6, 6.07) is 10.8. The fraction of sp³-hybridized carbons (Fsp3) is 0.409. The number of hydrogen-bond donors (Lipinski definition) is 1. The fourth-order valence-corrected chi connectivity index (χ4v) is 4.59. The van der Waals surface area contributed by atoms with E-state index in [1.807, 2.05) is 26.0 Å². The number of amides is 1. The summed E-state index contributed by atoms with van der Waals surface area (Å²) in [4.78, 5) is 12.9. The van der Waals surface area contributed by atoms with Gasteiger partial charge in [-0.05, 0) is 62.7 Å². The smallest absolute Gasteiger partial charge is 0.244 e. The Hall–Kier alpha value is -2.94. The van der Waals surface area contributed by atoms with Crippen molar-refractivity contribution in [3.8, 4) is 17.2 Å². The number of ether oxygens (including phenoxy) is 3. The van der Waals surface area contributed by atoms with Gasteiger partial charge in [0.05, 0.1) is 24.6 Å². The molecule has 0 saturated carbocycles. The molecule has 0 radical (unpaired) electrons. The average Bonchev–Trinajstić information content (AvgIpc) is 2.74. The van der Waals surface area contributed by atoms with Crippen LogP contribution in [0.1, 0.15) is 32.4 Å². The van der Waals surface area contributed by atoms with Gasteiger partial charge in [-0.25, -0.2) is 8.42 Å². The molecular formula is C22H28N2O6S. The summed E-state index contributed by atoms with van der Waals surface area (Å²) in [6.07, 6.45) is 1.08. The molecule has 0 bridgehead atoms. The van der Waals surface area contributed by atoms with Gasteiger partial charge in [0.25, 0.3) is 0 Å². The molecule has 3 rings (SSSR count).